The Hall–Kier alpha value is -2.88. The molecule has 4 N–H and O–H groups in total. The summed E-state index contributed by atoms with van der Waals surface area (Å²) < 4.78 is 0. The lowest BCUT2D eigenvalue weighted by Gasteiger charge is -2.20. The smallest absolute Gasteiger partial charge is 0.0438 e. The van der Waals surface area contributed by atoms with Crippen molar-refractivity contribution < 1.29 is 0 Å². The van der Waals surface area contributed by atoms with Crippen LogP contribution in [0.1, 0.15) is 0 Å². The second kappa shape index (κ2) is 5.34. The fourth-order valence-electron chi connectivity index (χ4n) is 3.82. The van der Waals surface area contributed by atoms with Crippen molar-refractivity contribution in [2.24, 2.45) is 0 Å². The van der Waals surface area contributed by atoms with Crippen molar-refractivity contribution in [2.75, 3.05) is 49.5 Å². The summed E-state index contributed by atoms with van der Waals surface area (Å²) in [5, 5.41) is 21.0. The van der Waals surface area contributed by atoms with Gasteiger partial charge in [-0.3, -0.25) is 0 Å². The first kappa shape index (κ1) is 14.7. The van der Waals surface area contributed by atoms with Crippen LogP contribution in [0.5, 0.6) is 0 Å². The molecule has 0 heterocycles. The standard InChI is InChI=1S/C20H22N4/c1-21-15-9-16(22-2)12-7-8-14-18(24-4)10-17(23-3)13-6-5-11(15)19(12)20(13)14/h5-10,21-24H,1-4H3. The Balaban J connectivity index is 2.33. The van der Waals surface area contributed by atoms with Crippen LogP contribution in [-0.2, 0) is 0 Å². The predicted molar refractivity (Wildman–Crippen MR) is 108 cm³/mol. The van der Waals surface area contributed by atoms with Gasteiger partial charge in [0.25, 0.3) is 0 Å². The van der Waals surface area contributed by atoms with Gasteiger partial charge in [0.15, 0.2) is 0 Å². The third-order valence-electron chi connectivity index (χ3n) is 4.98. The molecule has 0 aliphatic carbocycles. The zero-order valence-corrected chi connectivity index (χ0v) is 14.5. The van der Waals surface area contributed by atoms with Crippen molar-refractivity contribution in [3.63, 3.8) is 0 Å². The second-order valence-corrected chi connectivity index (χ2v) is 6.01. The maximum absolute atomic E-state index is 3.34. The van der Waals surface area contributed by atoms with Crippen molar-refractivity contribution in [1.82, 2.24) is 0 Å². The molecule has 4 rings (SSSR count). The molecule has 0 aliphatic rings. The average molecular weight is 318 g/mol. The van der Waals surface area contributed by atoms with Gasteiger partial charge in [0.05, 0.1) is 0 Å². The highest BCUT2D eigenvalue weighted by atomic mass is 14.9. The van der Waals surface area contributed by atoms with Crippen LogP contribution in [0.3, 0.4) is 0 Å². The Kier molecular flexibility index (Phi) is 3.27. The second-order valence-electron chi connectivity index (χ2n) is 6.01. The number of anilines is 4. The first-order chi connectivity index (χ1) is 11.7. The van der Waals surface area contributed by atoms with Crippen molar-refractivity contribution in [1.29, 1.82) is 0 Å². The molecule has 122 valence electrons. The highest BCUT2D eigenvalue weighted by Crippen LogP contribution is 2.45. The summed E-state index contributed by atoms with van der Waals surface area (Å²) in [4.78, 5) is 0. The van der Waals surface area contributed by atoms with Crippen LogP contribution in [0.4, 0.5) is 22.7 Å². The van der Waals surface area contributed by atoms with Crippen LogP contribution >= 0.6 is 0 Å². The highest BCUT2D eigenvalue weighted by Gasteiger charge is 2.17. The van der Waals surface area contributed by atoms with Crippen LogP contribution < -0.4 is 21.3 Å². The molecule has 4 aromatic carbocycles. The molecule has 0 aromatic heterocycles. The maximum Gasteiger partial charge on any atom is 0.0438 e. The van der Waals surface area contributed by atoms with Gasteiger partial charge >= 0.3 is 0 Å². The van der Waals surface area contributed by atoms with E-state index >= 15 is 0 Å². The van der Waals surface area contributed by atoms with Gasteiger partial charge in [0.1, 0.15) is 0 Å². The van der Waals surface area contributed by atoms with Gasteiger partial charge < -0.3 is 21.3 Å². The molecule has 24 heavy (non-hydrogen) atoms. The van der Waals surface area contributed by atoms with Crippen LogP contribution in [0.2, 0.25) is 0 Å². The summed E-state index contributed by atoms with van der Waals surface area (Å²) in [6, 6.07) is 13.2. The van der Waals surface area contributed by atoms with Crippen molar-refractivity contribution in [3.8, 4) is 0 Å². The van der Waals surface area contributed by atoms with E-state index in [1.807, 2.05) is 28.2 Å². The normalized spacial score (nSPS) is 11.3. The minimum absolute atomic E-state index is 1.14. The highest BCUT2D eigenvalue weighted by molar-refractivity contribution is 6.31. The number of hydrogen-bond acceptors (Lipinski definition) is 4. The Labute approximate surface area is 141 Å². The van der Waals surface area contributed by atoms with Gasteiger partial charge in [0, 0.05) is 83.3 Å². The zero-order chi connectivity index (χ0) is 16.8. The van der Waals surface area contributed by atoms with Crippen LogP contribution in [0, 0.1) is 0 Å². The average Bonchev–Trinajstić information content (AvgIpc) is 2.64. The summed E-state index contributed by atoms with van der Waals surface area (Å²) in [7, 11) is 7.90. The number of hydrogen-bond donors (Lipinski definition) is 4. The monoisotopic (exact) mass is 318 g/mol. The minimum Gasteiger partial charge on any atom is -0.388 e. The SMILES string of the molecule is CNc1cc(NC)c2ccc3c(NC)cc(NC)c4ccc1c2c43. The lowest BCUT2D eigenvalue weighted by Crippen LogP contribution is -1.99. The molecule has 0 fully saturated rings. The van der Waals surface area contributed by atoms with Gasteiger partial charge in [-0.1, -0.05) is 24.3 Å². The third-order valence-corrected chi connectivity index (χ3v) is 4.98. The lowest BCUT2D eigenvalue weighted by atomic mass is 9.91. The van der Waals surface area contributed by atoms with E-state index in [1.54, 1.807) is 0 Å². The Morgan fingerprint density at radius 2 is 0.708 bits per heavy atom. The molecule has 0 saturated carbocycles. The first-order valence-electron chi connectivity index (χ1n) is 8.23. The minimum atomic E-state index is 1.14. The van der Waals surface area contributed by atoms with Crippen molar-refractivity contribution in [3.05, 3.63) is 36.4 Å². The molecule has 0 amide bonds. The van der Waals surface area contributed by atoms with E-state index in [0.717, 1.165) is 22.7 Å². The molecular weight excluding hydrogens is 296 g/mol. The molecule has 0 spiro atoms. The van der Waals surface area contributed by atoms with Crippen molar-refractivity contribution in [2.45, 2.75) is 0 Å². The van der Waals surface area contributed by atoms with Gasteiger partial charge in [-0.05, 0) is 12.1 Å². The summed E-state index contributed by atoms with van der Waals surface area (Å²) in [6.07, 6.45) is 0. The van der Waals surface area contributed by atoms with E-state index in [0.29, 0.717) is 0 Å². The Bertz CT molecular complexity index is 890. The number of benzene rings is 4. The summed E-state index contributed by atoms with van der Waals surface area (Å²) in [5.74, 6) is 0. The predicted octanol–water partition coefficient (Wildman–Crippen LogP) is 4.75. The van der Waals surface area contributed by atoms with Gasteiger partial charge in [-0.2, -0.15) is 0 Å². The Morgan fingerprint density at radius 3 is 0.917 bits per heavy atom. The van der Waals surface area contributed by atoms with E-state index in [1.165, 1.54) is 32.3 Å². The fraction of sp³-hybridized carbons (Fsp3) is 0.200. The van der Waals surface area contributed by atoms with E-state index in [2.05, 4.69) is 57.7 Å². The molecule has 0 unspecified atom stereocenters. The topological polar surface area (TPSA) is 48.1 Å². The van der Waals surface area contributed by atoms with Gasteiger partial charge in [0.2, 0.25) is 0 Å². The molecule has 0 radical (unpaired) electrons. The fourth-order valence-corrected chi connectivity index (χ4v) is 3.82. The molecule has 0 bridgehead atoms. The number of rotatable bonds is 4. The summed E-state index contributed by atoms with van der Waals surface area (Å²) in [6.45, 7) is 0. The van der Waals surface area contributed by atoms with Crippen LogP contribution in [0.25, 0.3) is 32.3 Å². The molecule has 4 heteroatoms. The summed E-state index contributed by atoms with van der Waals surface area (Å²) >= 11 is 0. The van der Waals surface area contributed by atoms with Crippen LogP contribution in [0.15, 0.2) is 36.4 Å². The largest absolute Gasteiger partial charge is 0.388 e. The summed E-state index contributed by atoms with van der Waals surface area (Å²) in [5.41, 5.74) is 4.56. The molecule has 0 aliphatic heterocycles. The van der Waals surface area contributed by atoms with Crippen molar-refractivity contribution >= 4 is 55.1 Å². The Morgan fingerprint density at radius 1 is 0.458 bits per heavy atom. The quantitative estimate of drug-likeness (QED) is 0.410. The van der Waals surface area contributed by atoms with Gasteiger partial charge in [-0.15, -0.1) is 0 Å². The third kappa shape index (κ3) is 1.80. The van der Waals surface area contributed by atoms with E-state index < -0.39 is 0 Å². The molecule has 0 saturated heterocycles. The lowest BCUT2D eigenvalue weighted by molar-refractivity contribution is 1.50. The van der Waals surface area contributed by atoms with Gasteiger partial charge in [-0.25, -0.2) is 0 Å². The molecule has 0 atom stereocenters. The first-order valence-corrected chi connectivity index (χ1v) is 8.23. The molecular formula is C20H22N4. The molecule has 4 aromatic rings. The van der Waals surface area contributed by atoms with E-state index in [9.17, 15) is 0 Å². The van der Waals surface area contributed by atoms with E-state index in [4.69, 9.17) is 0 Å². The molecule has 4 nitrogen and oxygen atoms in total. The zero-order valence-electron chi connectivity index (χ0n) is 14.5. The maximum atomic E-state index is 3.34. The van der Waals surface area contributed by atoms with E-state index in [-0.39, 0.29) is 0 Å². The number of nitrogens with one attached hydrogen (secondary N) is 4. The van der Waals surface area contributed by atoms with Crippen LogP contribution in [-0.4, -0.2) is 28.2 Å².